The van der Waals surface area contributed by atoms with E-state index in [9.17, 15) is 9.59 Å². The number of fused-ring (bicyclic) bond motifs is 1. The molecule has 0 spiro atoms. The molecule has 0 N–H and O–H groups in total. The van der Waals surface area contributed by atoms with Crippen molar-refractivity contribution in [3.05, 3.63) is 94.5 Å². The maximum absolute atomic E-state index is 13.9. The van der Waals surface area contributed by atoms with Crippen LogP contribution in [0.15, 0.2) is 77.6 Å². The zero-order chi connectivity index (χ0) is 26.4. The van der Waals surface area contributed by atoms with Gasteiger partial charge in [-0.2, -0.15) is 0 Å². The van der Waals surface area contributed by atoms with Crippen LogP contribution in [0.3, 0.4) is 0 Å². The Morgan fingerprint density at radius 2 is 1.73 bits per heavy atom. The van der Waals surface area contributed by atoms with E-state index < -0.39 is 6.04 Å². The maximum Gasteiger partial charge on any atom is 0.266 e. The molecule has 0 fully saturated rings. The summed E-state index contributed by atoms with van der Waals surface area (Å²) in [4.78, 5) is 34.5. The second kappa shape index (κ2) is 11.7. The largest absolute Gasteiger partial charge is 0.497 e. The summed E-state index contributed by atoms with van der Waals surface area (Å²) in [6, 6.07) is 21.0. The van der Waals surface area contributed by atoms with Gasteiger partial charge in [-0.05, 0) is 48.9 Å². The topological polar surface area (TPSA) is 82.9 Å². The normalized spacial score (nSPS) is 11.8. The number of amides is 1. The molecule has 3 aromatic carbocycles. The third-order valence-corrected chi connectivity index (χ3v) is 6.30. The molecule has 0 bridgehead atoms. The maximum atomic E-state index is 13.9. The first kappa shape index (κ1) is 25.9. The molecule has 192 valence electrons. The predicted molar refractivity (Wildman–Crippen MR) is 143 cm³/mol. The van der Waals surface area contributed by atoms with Gasteiger partial charge < -0.3 is 19.1 Å². The van der Waals surface area contributed by atoms with Crippen molar-refractivity contribution in [1.82, 2.24) is 14.5 Å². The molecule has 1 amide bonds. The fraction of sp³-hybridized carbons (Fsp3) is 0.276. The van der Waals surface area contributed by atoms with Crippen molar-refractivity contribution < 1.29 is 19.0 Å². The highest BCUT2D eigenvalue weighted by Crippen LogP contribution is 2.30. The first-order valence-corrected chi connectivity index (χ1v) is 12.1. The fourth-order valence-electron chi connectivity index (χ4n) is 4.47. The van der Waals surface area contributed by atoms with E-state index in [2.05, 4.69) is 0 Å². The lowest BCUT2D eigenvalue weighted by atomic mass is 10.1. The van der Waals surface area contributed by atoms with Gasteiger partial charge in [-0.15, -0.1) is 0 Å². The number of carbonyl (C=O) groups is 1. The molecule has 8 nitrogen and oxygen atoms in total. The highest BCUT2D eigenvalue weighted by Gasteiger charge is 2.30. The van der Waals surface area contributed by atoms with E-state index in [0.29, 0.717) is 59.0 Å². The van der Waals surface area contributed by atoms with Crippen LogP contribution in [0, 0.1) is 0 Å². The van der Waals surface area contributed by atoms with Crippen molar-refractivity contribution in [2.75, 3.05) is 34.5 Å². The van der Waals surface area contributed by atoms with Gasteiger partial charge in [-0.25, -0.2) is 4.98 Å². The first-order valence-electron chi connectivity index (χ1n) is 12.1. The summed E-state index contributed by atoms with van der Waals surface area (Å²) in [5.74, 6) is 1.35. The molecule has 37 heavy (non-hydrogen) atoms. The number of hydrogen-bond donors (Lipinski definition) is 0. The van der Waals surface area contributed by atoms with Crippen LogP contribution in [0.1, 0.15) is 35.6 Å². The van der Waals surface area contributed by atoms with Crippen LogP contribution in [0.5, 0.6) is 11.5 Å². The van der Waals surface area contributed by atoms with Gasteiger partial charge in [0.05, 0.1) is 43.5 Å². The van der Waals surface area contributed by atoms with Crippen molar-refractivity contribution in [3.8, 4) is 17.2 Å². The molecular weight excluding hydrogens is 470 g/mol. The van der Waals surface area contributed by atoms with Crippen molar-refractivity contribution in [2.45, 2.75) is 19.4 Å². The van der Waals surface area contributed by atoms with E-state index in [-0.39, 0.29) is 11.5 Å². The molecule has 0 saturated carbocycles. The molecule has 0 aliphatic rings. The Morgan fingerprint density at radius 1 is 0.973 bits per heavy atom. The average molecular weight is 502 g/mol. The summed E-state index contributed by atoms with van der Waals surface area (Å²) >= 11 is 0. The predicted octanol–water partition coefficient (Wildman–Crippen LogP) is 4.64. The monoisotopic (exact) mass is 501 g/mol. The summed E-state index contributed by atoms with van der Waals surface area (Å²) in [6.07, 6.45) is 0.513. The molecule has 1 atom stereocenters. The fourth-order valence-corrected chi connectivity index (χ4v) is 4.47. The highest BCUT2D eigenvalue weighted by molar-refractivity contribution is 5.95. The minimum atomic E-state index is -0.531. The van der Waals surface area contributed by atoms with Gasteiger partial charge in [0.15, 0.2) is 0 Å². The molecule has 1 aromatic heterocycles. The number of benzene rings is 3. The number of hydrogen-bond acceptors (Lipinski definition) is 6. The molecule has 0 saturated heterocycles. The number of aromatic nitrogens is 2. The van der Waals surface area contributed by atoms with Crippen LogP contribution in [-0.2, 0) is 4.74 Å². The number of para-hydroxylation sites is 3. The Morgan fingerprint density at radius 3 is 2.46 bits per heavy atom. The number of ether oxygens (including phenoxy) is 3. The standard InChI is InChI=1S/C29H31N3O5/c1-5-24(31(17-18-35-2)28(33)20-11-10-12-21(19-20)36-3)27-30-23-14-7-6-13-22(23)29(34)32(27)25-15-8-9-16-26(25)37-4/h6-16,19,24H,5,17-18H2,1-4H3. The molecule has 4 rings (SSSR count). The summed E-state index contributed by atoms with van der Waals surface area (Å²) in [5.41, 5.74) is 1.36. The lowest BCUT2D eigenvalue weighted by molar-refractivity contribution is 0.0579. The Kier molecular flexibility index (Phi) is 8.20. The van der Waals surface area contributed by atoms with Crippen LogP contribution in [-0.4, -0.2) is 54.8 Å². The van der Waals surface area contributed by atoms with Gasteiger partial charge in [0.25, 0.3) is 11.5 Å². The smallest absolute Gasteiger partial charge is 0.266 e. The molecule has 0 aliphatic heterocycles. The second-order valence-corrected chi connectivity index (χ2v) is 8.45. The minimum absolute atomic E-state index is 0.211. The molecule has 0 aliphatic carbocycles. The van der Waals surface area contributed by atoms with E-state index in [4.69, 9.17) is 19.2 Å². The number of nitrogens with zero attached hydrogens (tertiary/aromatic N) is 3. The Hall–Kier alpha value is -4.17. The Balaban J connectivity index is 1.96. The lowest BCUT2D eigenvalue weighted by Gasteiger charge is -2.32. The number of rotatable bonds is 10. The third kappa shape index (κ3) is 5.20. The van der Waals surface area contributed by atoms with E-state index in [1.54, 1.807) is 67.2 Å². The zero-order valence-corrected chi connectivity index (χ0v) is 21.5. The molecule has 1 unspecified atom stereocenters. The van der Waals surface area contributed by atoms with Gasteiger partial charge in [-0.3, -0.25) is 14.2 Å². The van der Waals surface area contributed by atoms with Crippen molar-refractivity contribution in [1.29, 1.82) is 0 Å². The third-order valence-electron chi connectivity index (χ3n) is 6.30. The van der Waals surface area contributed by atoms with Gasteiger partial charge in [0.1, 0.15) is 17.3 Å². The first-order chi connectivity index (χ1) is 18.0. The van der Waals surface area contributed by atoms with E-state index >= 15 is 0 Å². The highest BCUT2D eigenvalue weighted by atomic mass is 16.5. The summed E-state index contributed by atoms with van der Waals surface area (Å²) in [7, 11) is 4.72. The van der Waals surface area contributed by atoms with Crippen LogP contribution in [0.2, 0.25) is 0 Å². The quantitative estimate of drug-likeness (QED) is 0.315. The molecule has 1 heterocycles. The van der Waals surface area contributed by atoms with Gasteiger partial charge >= 0.3 is 0 Å². The van der Waals surface area contributed by atoms with Crippen LogP contribution < -0.4 is 15.0 Å². The van der Waals surface area contributed by atoms with Crippen molar-refractivity contribution in [2.24, 2.45) is 0 Å². The molecule has 0 radical (unpaired) electrons. The summed E-state index contributed by atoms with van der Waals surface area (Å²) in [6.45, 7) is 2.59. The Labute approximate surface area is 216 Å². The number of carbonyl (C=O) groups excluding carboxylic acids is 1. The molecule has 4 aromatic rings. The lowest BCUT2D eigenvalue weighted by Crippen LogP contribution is -2.40. The average Bonchev–Trinajstić information content (AvgIpc) is 2.95. The Bertz CT molecular complexity index is 1450. The van der Waals surface area contributed by atoms with Crippen LogP contribution in [0.4, 0.5) is 0 Å². The van der Waals surface area contributed by atoms with Crippen molar-refractivity contribution >= 4 is 16.8 Å². The number of methoxy groups -OCH3 is 3. The zero-order valence-electron chi connectivity index (χ0n) is 21.5. The van der Waals surface area contributed by atoms with Gasteiger partial charge in [0, 0.05) is 19.2 Å². The van der Waals surface area contributed by atoms with E-state index in [1.165, 1.54) is 0 Å². The van der Waals surface area contributed by atoms with E-state index in [0.717, 1.165) is 0 Å². The SMILES string of the molecule is CCC(c1nc2ccccc2c(=O)n1-c1ccccc1OC)N(CCOC)C(=O)c1cccc(OC)c1. The van der Waals surface area contributed by atoms with Gasteiger partial charge in [-0.1, -0.05) is 37.3 Å². The van der Waals surface area contributed by atoms with Crippen LogP contribution in [0.25, 0.3) is 16.6 Å². The molecule has 8 heteroatoms. The summed E-state index contributed by atoms with van der Waals surface area (Å²) in [5, 5.41) is 0.481. The summed E-state index contributed by atoms with van der Waals surface area (Å²) < 4.78 is 17.9. The van der Waals surface area contributed by atoms with E-state index in [1.807, 2.05) is 43.3 Å². The molecular formula is C29H31N3O5. The van der Waals surface area contributed by atoms with Crippen molar-refractivity contribution in [3.63, 3.8) is 0 Å². The minimum Gasteiger partial charge on any atom is -0.497 e. The van der Waals surface area contributed by atoms with Gasteiger partial charge in [0.2, 0.25) is 0 Å². The van der Waals surface area contributed by atoms with Crippen LogP contribution >= 0.6 is 0 Å². The second-order valence-electron chi connectivity index (χ2n) is 8.45.